The number of hydrogen-bond donors (Lipinski definition) is 2. The van der Waals surface area contributed by atoms with Crippen LogP contribution >= 0.6 is 0 Å². The maximum atomic E-state index is 6.04. The minimum atomic E-state index is 0.485. The molecule has 2 N–H and O–H groups in total. The van der Waals surface area contributed by atoms with Gasteiger partial charge in [0.1, 0.15) is 17.2 Å². The highest BCUT2D eigenvalue weighted by atomic mass is 16.5. The molecule has 8 heteroatoms. The first kappa shape index (κ1) is 21.1. The first-order valence-corrected chi connectivity index (χ1v) is 11.2. The van der Waals surface area contributed by atoms with E-state index in [0.717, 1.165) is 41.3 Å². The Hall–Kier alpha value is -3.78. The molecule has 0 radical (unpaired) electrons. The largest absolute Gasteiger partial charge is 0.493 e. The summed E-state index contributed by atoms with van der Waals surface area (Å²) in [5, 5.41) is 10.9. The highest BCUT2D eigenvalue weighted by Crippen LogP contribution is 2.33. The number of piperidine rings is 1. The van der Waals surface area contributed by atoms with Gasteiger partial charge in [0.05, 0.1) is 17.9 Å². The van der Waals surface area contributed by atoms with Crippen LogP contribution in [0.25, 0.3) is 22.5 Å². The molecule has 0 amide bonds. The van der Waals surface area contributed by atoms with Crippen molar-refractivity contribution < 1.29 is 9.26 Å². The molecule has 0 aliphatic carbocycles. The van der Waals surface area contributed by atoms with Gasteiger partial charge in [0.2, 0.25) is 5.95 Å². The number of anilines is 2. The molecule has 1 aromatic carbocycles. The maximum Gasteiger partial charge on any atom is 0.227 e. The molecule has 1 atom stereocenters. The third-order valence-corrected chi connectivity index (χ3v) is 5.68. The molecule has 0 spiro atoms. The highest BCUT2D eigenvalue weighted by Gasteiger charge is 2.19. The number of hydrogen-bond acceptors (Lipinski definition) is 8. The molecule has 4 aromatic rings. The zero-order chi connectivity index (χ0) is 22.5. The molecular formula is C25H26N6O2. The standard InChI is InChI=1S/C25H26N6O2/c1-17-23(24(31-33-17)19-6-4-11-27-15-19)22-9-12-28-25(30-22)29-20-7-2-8-21(13-20)32-16-18-5-3-10-26-14-18/h2,4,6-9,11-13,15,18,26H,3,5,10,14,16H2,1H3,(H,28,29,30). The van der Waals surface area contributed by atoms with Gasteiger partial charge in [-0.1, -0.05) is 11.2 Å². The minimum absolute atomic E-state index is 0.485. The van der Waals surface area contributed by atoms with Crippen LogP contribution in [0.2, 0.25) is 0 Å². The average Bonchev–Trinajstić information content (AvgIpc) is 3.26. The van der Waals surface area contributed by atoms with E-state index in [9.17, 15) is 0 Å². The van der Waals surface area contributed by atoms with Crippen molar-refractivity contribution in [1.29, 1.82) is 0 Å². The van der Waals surface area contributed by atoms with E-state index in [1.165, 1.54) is 12.8 Å². The van der Waals surface area contributed by atoms with Gasteiger partial charge in [-0.15, -0.1) is 0 Å². The molecule has 3 aromatic heterocycles. The lowest BCUT2D eigenvalue weighted by molar-refractivity contribution is 0.218. The Kier molecular flexibility index (Phi) is 6.25. The van der Waals surface area contributed by atoms with Crippen molar-refractivity contribution >= 4 is 11.6 Å². The Balaban J connectivity index is 1.33. The number of benzene rings is 1. The second-order valence-electron chi connectivity index (χ2n) is 8.15. The van der Waals surface area contributed by atoms with Gasteiger partial charge in [0.15, 0.2) is 0 Å². The summed E-state index contributed by atoms with van der Waals surface area (Å²) in [6.45, 7) is 4.71. The smallest absolute Gasteiger partial charge is 0.227 e. The van der Waals surface area contributed by atoms with E-state index in [4.69, 9.17) is 14.2 Å². The number of nitrogens with one attached hydrogen (secondary N) is 2. The Morgan fingerprint density at radius 3 is 3.00 bits per heavy atom. The summed E-state index contributed by atoms with van der Waals surface area (Å²) >= 11 is 0. The van der Waals surface area contributed by atoms with Gasteiger partial charge in [0, 0.05) is 48.4 Å². The van der Waals surface area contributed by atoms with Crippen LogP contribution in [0.15, 0.2) is 65.6 Å². The fourth-order valence-electron chi connectivity index (χ4n) is 4.00. The van der Waals surface area contributed by atoms with E-state index in [0.29, 0.717) is 29.9 Å². The van der Waals surface area contributed by atoms with Crippen LogP contribution in [0.5, 0.6) is 5.75 Å². The first-order valence-electron chi connectivity index (χ1n) is 11.2. The molecular weight excluding hydrogens is 416 g/mol. The molecule has 8 nitrogen and oxygen atoms in total. The van der Waals surface area contributed by atoms with Crippen molar-refractivity contribution in [3.63, 3.8) is 0 Å². The Morgan fingerprint density at radius 1 is 1.18 bits per heavy atom. The molecule has 1 saturated heterocycles. The second-order valence-corrected chi connectivity index (χ2v) is 8.15. The SMILES string of the molecule is Cc1onc(-c2cccnc2)c1-c1ccnc(Nc2cccc(OCC3CCCNC3)c2)n1. The lowest BCUT2D eigenvalue weighted by Crippen LogP contribution is -2.33. The summed E-state index contributed by atoms with van der Waals surface area (Å²) in [4.78, 5) is 13.3. The predicted molar refractivity (Wildman–Crippen MR) is 126 cm³/mol. The van der Waals surface area contributed by atoms with Crippen molar-refractivity contribution in [2.75, 3.05) is 25.0 Å². The van der Waals surface area contributed by atoms with Crippen molar-refractivity contribution in [2.45, 2.75) is 19.8 Å². The predicted octanol–water partition coefficient (Wildman–Crippen LogP) is 4.62. The van der Waals surface area contributed by atoms with Gasteiger partial charge in [-0.05, 0) is 56.6 Å². The van der Waals surface area contributed by atoms with Crippen LogP contribution in [0, 0.1) is 12.8 Å². The van der Waals surface area contributed by atoms with E-state index in [2.05, 4.69) is 25.8 Å². The monoisotopic (exact) mass is 442 g/mol. The van der Waals surface area contributed by atoms with E-state index < -0.39 is 0 Å². The van der Waals surface area contributed by atoms with Gasteiger partial charge < -0.3 is 19.9 Å². The van der Waals surface area contributed by atoms with Crippen LogP contribution < -0.4 is 15.4 Å². The summed E-state index contributed by atoms with van der Waals surface area (Å²) < 4.78 is 11.5. The van der Waals surface area contributed by atoms with Crippen LogP contribution in [-0.4, -0.2) is 39.8 Å². The Bertz CT molecular complexity index is 1200. The number of nitrogens with zero attached hydrogens (tertiary/aromatic N) is 4. The van der Waals surface area contributed by atoms with Crippen LogP contribution in [0.4, 0.5) is 11.6 Å². The van der Waals surface area contributed by atoms with E-state index in [-0.39, 0.29) is 0 Å². The number of aryl methyl sites for hydroxylation is 1. The molecule has 5 rings (SSSR count). The maximum absolute atomic E-state index is 6.04. The van der Waals surface area contributed by atoms with Crippen molar-refractivity contribution in [3.05, 3.63) is 66.8 Å². The van der Waals surface area contributed by atoms with Crippen molar-refractivity contribution in [3.8, 4) is 28.3 Å². The lowest BCUT2D eigenvalue weighted by Gasteiger charge is -2.22. The van der Waals surface area contributed by atoms with E-state index in [1.54, 1.807) is 18.6 Å². The molecule has 1 unspecified atom stereocenters. The summed E-state index contributed by atoms with van der Waals surface area (Å²) in [5.74, 6) is 2.55. The van der Waals surface area contributed by atoms with Gasteiger partial charge in [0.25, 0.3) is 0 Å². The molecule has 1 aliphatic heterocycles. The minimum Gasteiger partial charge on any atom is -0.493 e. The summed E-state index contributed by atoms with van der Waals surface area (Å²) in [6.07, 6.45) is 7.62. The molecule has 33 heavy (non-hydrogen) atoms. The summed E-state index contributed by atoms with van der Waals surface area (Å²) in [6, 6.07) is 13.5. The van der Waals surface area contributed by atoms with E-state index in [1.807, 2.05) is 49.4 Å². The third-order valence-electron chi connectivity index (χ3n) is 5.68. The zero-order valence-corrected chi connectivity index (χ0v) is 18.5. The first-order chi connectivity index (χ1) is 16.3. The number of rotatable bonds is 7. The fraction of sp³-hybridized carbons (Fsp3) is 0.280. The Morgan fingerprint density at radius 2 is 2.15 bits per heavy atom. The van der Waals surface area contributed by atoms with E-state index >= 15 is 0 Å². The van der Waals surface area contributed by atoms with Gasteiger partial charge in [-0.25, -0.2) is 9.97 Å². The zero-order valence-electron chi connectivity index (χ0n) is 18.5. The van der Waals surface area contributed by atoms with Crippen LogP contribution in [0.1, 0.15) is 18.6 Å². The molecule has 1 aliphatic rings. The quantitative estimate of drug-likeness (QED) is 0.428. The number of pyridine rings is 1. The Labute approximate surface area is 192 Å². The number of aromatic nitrogens is 4. The average molecular weight is 443 g/mol. The summed E-state index contributed by atoms with van der Waals surface area (Å²) in [7, 11) is 0. The van der Waals surface area contributed by atoms with Crippen molar-refractivity contribution in [2.24, 2.45) is 5.92 Å². The molecule has 0 bridgehead atoms. The molecule has 1 fully saturated rings. The number of ether oxygens (including phenoxy) is 1. The lowest BCUT2D eigenvalue weighted by atomic mass is 10.0. The molecule has 4 heterocycles. The van der Waals surface area contributed by atoms with Crippen LogP contribution in [0.3, 0.4) is 0 Å². The highest BCUT2D eigenvalue weighted by molar-refractivity contribution is 5.80. The van der Waals surface area contributed by atoms with Gasteiger partial charge in [-0.2, -0.15) is 0 Å². The van der Waals surface area contributed by atoms with Crippen molar-refractivity contribution in [1.82, 2.24) is 25.4 Å². The normalized spacial score (nSPS) is 15.8. The second kappa shape index (κ2) is 9.79. The van der Waals surface area contributed by atoms with Gasteiger partial charge in [-0.3, -0.25) is 4.98 Å². The molecule has 0 saturated carbocycles. The fourth-order valence-corrected chi connectivity index (χ4v) is 4.00. The van der Waals surface area contributed by atoms with Gasteiger partial charge >= 0.3 is 0 Å². The summed E-state index contributed by atoms with van der Waals surface area (Å²) in [5.41, 5.74) is 3.99. The molecule has 168 valence electrons. The third kappa shape index (κ3) is 5.01. The van der Waals surface area contributed by atoms with Crippen LogP contribution in [-0.2, 0) is 0 Å². The topological polar surface area (TPSA) is 98.0 Å².